The van der Waals surface area contributed by atoms with Gasteiger partial charge in [-0.15, -0.1) is 6.42 Å². The van der Waals surface area contributed by atoms with E-state index in [0.717, 1.165) is 11.5 Å². The highest BCUT2D eigenvalue weighted by Crippen LogP contribution is 2.35. The second kappa shape index (κ2) is 17.1. The fourth-order valence-electron chi connectivity index (χ4n) is 2.57. The van der Waals surface area contributed by atoms with E-state index >= 15 is 0 Å². The van der Waals surface area contributed by atoms with Crippen molar-refractivity contribution in [3.05, 3.63) is 29.8 Å². The third-order valence-electron chi connectivity index (χ3n) is 4.34. The lowest BCUT2D eigenvalue weighted by molar-refractivity contribution is -0.121. The molecule has 0 amide bonds. The molecule has 0 radical (unpaired) electrons. The molecule has 0 heterocycles. The average Bonchev–Trinajstić information content (AvgIpc) is 2.75. The normalized spacial score (nSPS) is 12.2. The predicted octanol–water partition coefficient (Wildman–Crippen LogP) is 4.79. The quantitative estimate of drug-likeness (QED) is 0.237. The maximum Gasteiger partial charge on any atom is 0.136 e. The van der Waals surface area contributed by atoms with Crippen LogP contribution < -0.4 is 4.74 Å². The van der Waals surface area contributed by atoms with E-state index in [1.807, 2.05) is 37.7 Å². The van der Waals surface area contributed by atoms with E-state index in [2.05, 4.69) is 31.9 Å². The van der Waals surface area contributed by atoms with Crippen molar-refractivity contribution in [3.63, 3.8) is 0 Å². The van der Waals surface area contributed by atoms with Crippen LogP contribution in [0.15, 0.2) is 24.3 Å². The van der Waals surface area contributed by atoms with Gasteiger partial charge in [-0.2, -0.15) is 11.8 Å². The first-order valence-electron chi connectivity index (χ1n) is 11.0. The van der Waals surface area contributed by atoms with Crippen molar-refractivity contribution in [3.8, 4) is 18.1 Å². The van der Waals surface area contributed by atoms with Crippen LogP contribution in [0.1, 0.15) is 44.9 Å². The molecule has 174 valence electrons. The molecule has 0 N–H and O–H groups in total. The number of benzene rings is 1. The van der Waals surface area contributed by atoms with Crippen molar-refractivity contribution in [2.75, 3.05) is 52.0 Å². The zero-order valence-corrected chi connectivity index (χ0v) is 20.2. The number of carbonyl (C=O) groups excluding carboxylic acids is 1. The van der Waals surface area contributed by atoms with Crippen molar-refractivity contribution < 1.29 is 23.7 Å². The molecular weight excluding hydrogens is 412 g/mol. The number of Topliss-reactive ketones (excluding diaryl/α,β-unsaturated/α-hetero) is 1. The van der Waals surface area contributed by atoms with E-state index in [1.54, 1.807) is 0 Å². The molecule has 0 bridgehead atoms. The second-order valence-electron chi connectivity index (χ2n) is 7.94. The first kappa shape index (κ1) is 27.5. The fourth-order valence-corrected chi connectivity index (χ4v) is 3.82. The van der Waals surface area contributed by atoms with Gasteiger partial charge >= 0.3 is 0 Å². The molecular formula is C25H38O5S. The molecule has 1 rings (SSSR count). The Morgan fingerprint density at radius 1 is 0.935 bits per heavy atom. The van der Waals surface area contributed by atoms with Gasteiger partial charge in [0.2, 0.25) is 0 Å². The highest BCUT2D eigenvalue weighted by atomic mass is 32.2. The molecule has 0 fully saturated rings. The van der Waals surface area contributed by atoms with Crippen molar-refractivity contribution in [2.45, 2.75) is 39.4 Å². The van der Waals surface area contributed by atoms with Crippen LogP contribution >= 0.6 is 11.8 Å². The van der Waals surface area contributed by atoms with E-state index in [-0.39, 0.29) is 11.2 Å². The summed E-state index contributed by atoms with van der Waals surface area (Å²) in [6, 6.07) is 8.07. The van der Waals surface area contributed by atoms with Gasteiger partial charge in [0.15, 0.2) is 0 Å². The molecule has 6 heteroatoms. The van der Waals surface area contributed by atoms with Crippen LogP contribution in [0.2, 0.25) is 0 Å². The minimum absolute atomic E-state index is 0.0666. The summed E-state index contributed by atoms with van der Waals surface area (Å²) in [6.45, 7) is 11.6. The average molecular weight is 451 g/mol. The van der Waals surface area contributed by atoms with Crippen molar-refractivity contribution in [2.24, 2.45) is 11.8 Å². The molecule has 0 aromatic heterocycles. The van der Waals surface area contributed by atoms with Crippen molar-refractivity contribution in [1.82, 2.24) is 0 Å². The molecule has 0 saturated heterocycles. The summed E-state index contributed by atoms with van der Waals surface area (Å²) < 4.78 is 21.7. The van der Waals surface area contributed by atoms with E-state index in [0.29, 0.717) is 64.4 Å². The van der Waals surface area contributed by atoms with Crippen LogP contribution in [-0.4, -0.2) is 57.8 Å². The van der Waals surface area contributed by atoms with Crippen LogP contribution in [-0.2, 0) is 19.0 Å². The van der Waals surface area contributed by atoms with E-state index in [1.165, 1.54) is 5.56 Å². The van der Waals surface area contributed by atoms with E-state index < -0.39 is 0 Å². The summed E-state index contributed by atoms with van der Waals surface area (Å²) in [7, 11) is 0. The Balaban J connectivity index is 2.32. The van der Waals surface area contributed by atoms with Gasteiger partial charge in [-0.3, -0.25) is 4.79 Å². The fraction of sp³-hybridized carbons (Fsp3) is 0.640. The zero-order chi connectivity index (χ0) is 22.9. The number of terminal acetylenes is 1. The van der Waals surface area contributed by atoms with Gasteiger partial charge in [0, 0.05) is 17.6 Å². The van der Waals surface area contributed by atoms with Gasteiger partial charge < -0.3 is 18.9 Å². The Bertz CT molecular complexity index is 636. The smallest absolute Gasteiger partial charge is 0.136 e. The molecule has 1 unspecified atom stereocenters. The number of ether oxygens (including phenoxy) is 4. The Labute approximate surface area is 192 Å². The van der Waals surface area contributed by atoms with Crippen molar-refractivity contribution >= 4 is 17.5 Å². The molecule has 1 aromatic carbocycles. The maximum absolute atomic E-state index is 12.3. The van der Waals surface area contributed by atoms with Gasteiger partial charge in [0.1, 0.15) is 24.7 Å². The highest BCUT2D eigenvalue weighted by molar-refractivity contribution is 7.99. The van der Waals surface area contributed by atoms with Crippen molar-refractivity contribution in [1.29, 1.82) is 0 Å². The van der Waals surface area contributed by atoms with Gasteiger partial charge in [0.25, 0.3) is 0 Å². The number of rotatable bonds is 18. The zero-order valence-electron chi connectivity index (χ0n) is 19.4. The van der Waals surface area contributed by atoms with E-state index in [9.17, 15) is 4.79 Å². The number of carbonyl (C=O) groups is 1. The van der Waals surface area contributed by atoms with Gasteiger partial charge in [-0.25, -0.2) is 0 Å². The second-order valence-corrected chi connectivity index (χ2v) is 9.18. The molecule has 0 spiro atoms. The Morgan fingerprint density at radius 3 is 2.06 bits per heavy atom. The standard InChI is InChI=1S/C25H38O5S/c1-6-11-27-12-13-28-14-15-29-16-17-30-23-9-7-22(8-10-23)25(31-19-20(2)3)18-24(26)21(4)5/h1,7-10,20-21,25H,11-19H2,2-5H3. The Hall–Kier alpha value is -1.52. The maximum atomic E-state index is 12.3. The van der Waals surface area contributed by atoms with Crippen LogP contribution in [0.3, 0.4) is 0 Å². The Morgan fingerprint density at radius 2 is 1.52 bits per heavy atom. The van der Waals surface area contributed by atoms with E-state index in [4.69, 9.17) is 25.4 Å². The lowest BCUT2D eigenvalue weighted by atomic mass is 10.0. The summed E-state index contributed by atoms with van der Waals surface area (Å²) in [6.07, 6.45) is 5.66. The molecule has 0 saturated carbocycles. The minimum Gasteiger partial charge on any atom is -0.491 e. The van der Waals surface area contributed by atoms with Gasteiger partial charge in [0.05, 0.1) is 33.0 Å². The summed E-state index contributed by atoms with van der Waals surface area (Å²) in [4.78, 5) is 12.3. The van der Waals surface area contributed by atoms with Crippen LogP contribution in [0.5, 0.6) is 5.75 Å². The topological polar surface area (TPSA) is 54.0 Å². The summed E-state index contributed by atoms with van der Waals surface area (Å²) in [5.74, 6) is 5.21. The lowest BCUT2D eigenvalue weighted by Gasteiger charge is -2.19. The molecule has 0 aliphatic carbocycles. The number of thioether (sulfide) groups is 1. The molecule has 31 heavy (non-hydrogen) atoms. The summed E-state index contributed by atoms with van der Waals surface area (Å²) in [5, 5.41) is 0.187. The number of hydrogen-bond donors (Lipinski definition) is 0. The lowest BCUT2D eigenvalue weighted by Crippen LogP contribution is -2.13. The minimum atomic E-state index is 0.0666. The first-order valence-corrected chi connectivity index (χ1v) is 12.0. The number of hydrogen-bond acceptors (Lipinski definition) is 6. The van der Waals surface area contributed by atoms with Gasteiger partial charge in [-0.1, -0.05) is 45.7 Å². The monoisotopic (exact) mass is 450 g/mol. The SMILES string of the molecule is C#CCOCCOCCOCCOc1ccc(C(CC(=O)C(C)C)SCC(C)C)cc1. The third kappa shape index (κ3) is 13.5. The Kier molecular flexibility index (Phi) is 15.2. The van der Waals surface area contributed by atoms with Gasteiger partial charge in [-0.05, 0) is 29.4 Å². The summed E-state index contributed by atoms with van der Waals surface area (Å²) >= 11 is 1.86. The molecule has 5 nitrogen and oxygen atoms in total. The van der Waals surface area contributed by atoms with Crippen LogP contribution in [0, 0.1) is 24.2 Å². The highest BCUT2D eigenvalue weighted by Gasteiger charge is 2.19. The van der Waals surface area contributed by atoms with Crippen LogP contribution in [0.25, 0.3) is 0 Å². The molecule has 1 aromatic rings. The third-order valence-corrected chi connectivity index (χ3v) is 6.04. The number of ketones is 1. The molecule has 0 aliphatic rings. The predicted molar refractivity (Wildman–Crippen MR) is 128 cm³/mol. The molecule has 0 aliphatic heterocycles. The van der Waals surface area contributed by atoms with Crippen LogP contribution in [0.4, 0.5) is 0 Å². The summed E-state index contributed by atoms with van der Waals surface area (Å²) in [5.41, 5.74) is 1.17. The first-order chi connectivity index (χ1) is 14.9. The molecule has 1 atom stereocenters. The largest absolute Gasteiger partial charge is 0.491 e.